The van der Waals surface area contributed by atoms with Gasteiger partial charge in [-0.25, -0.2) is 8.42 Å². The average molecular weight is 336 g/mol. The summed E-state index contributed by atoms with van der Waals surface area (Å²) in [6.07, 6.45) is -4.62. The third-order valence-corrected chi connectivity index (χ3v) is 4.28. The molecule has 1 N–H and O–H groups in total. The normalized spacial score (nSPS) is 12.2. The number of anilines is 1. The Bertz CT molecular complexity index is 760. The maximum Gasteiger partial charge on any atom is 0.416 e. The van der Waals surface area contributed by atoms with Gasteiger partial charge in [-0.3, -0.25) is 4.72 Å². The number of hydrogen-bond donors (Lipinski definition) is 1. The molecule has 0 fully saturated rings. The number of rotatable bonds is 3. The predicted octanol–water partition coefficient (Wildman–Crippen LogP) is 4.16. The van der Waals surface area contributed by atoms with E-state index < -0.39 is 26.7 Å². The molecule has 0 saturated heterocycles. The quantitative estimate of drug-likeness (QED) is 0.915. The number of para-hydroxylation sites is 1. The van der Waals surface area contributed by atoms with Crippen molar-refractivity contribution in [2.75, 3.05) is 4.72 Å². The zero-order valence-corrected chi connectivity index (χ0v) is 11.9. The van der Waals surface area contributed by atoms with E-state index in [1.165, 1.54) is 12.1 Å². The maximum absolute atomic E-state index is 12.6. The minimum atomic E-state index is -4.62. The van der Waals surface area contributed by atoms with Gasteiger partial charge in [-0.15, -0.1) is 0 Å². The van der Waals surface area contributed by atoms with Crippen molar-refractivity contribution < 1.29 is 21.6 Å². The summed E-state index contributed by atoms with van der Waals surface area (Å²) in [7, 11) is -4.15. The van der Waals surface area contributed by atoms with Crippen molar-refractivity contribution >= 4 is 27.3 Å². The summed E-state index contributed by atoms with van der Waals surface area (Å²) in [6, 6.07) is 9.51. The van der Waals surface area contributed by atoms with Crippen LogP contribution in [0.2, 0.25) is 5.02 Å². The molecular formula is C13H9ClF3NO2S. The van der Waals surface area contributed by atoms with E-state index in [2.05, 4.69) is 4.72 Å². The van der Waals surface area contributed by atoms with Crippen LogP contribution in [0, 0.1) is 0 Å². The standard InChI is InChI=1S/C13H9ClF3NO2S/c14-11-6-1-2-7-12(11)18-21(19,20)10-5-3-4-9(8-10)13(15,16)17/h1-8,18H. The van der Waals surface area contributed by atoms with Gasteiger partial charge in [0.1, 0.15) is 0 Å². The van der Waals surface area contributed by atoms with E-state index in [4.69, 9.17) is 11.6 Å². The van der Waals surface area contributed by atoms with Crippen molar-refractivity contribution in [2.24, 2.45) is 0 Å². The second kappa shape index (κ2) is 5.57. The van der Waals surface area contributed by atoms with Crippen LogP contribution in [0.5, 0.6) is 0 Å². The summed E-state index contributed by atoms with van der Waals surface area (Å²) >= 11 is 5.81. The van der Waals surface area contributed by atoms with E-state index in [1.807, 2.05) is 0 Å². The lowest BCUT2D eigenvalue weighted by Gasteiger charge is -2.11. The van der Waals surface area contributed by atoms with Crippen LogP contribution in [-0.4, -0.2) is 8.42 Å². The molecule has 0 bridgehead atoms. The SMILES string of the molecule is O=S(=O)(Nc1ccccc1Cl)c1cccc(C(F)(F)F)c1. The van der Waals surface area contributed by atoms with Crippen LogP contribution in [0.3, 0.4) is 0 Å². The molecule has 0 radical (unpaired) electrons. The maximum atomic E-state index is 12.6. The van der Waals surface area contributed by atoms with Gasteiger partial charge in [0, 0.05) is 0 Å². The van der Waals surface area contributed by atoms with E-state index in [0.29, 0.717) is 6.07 Å². The molecule has 112 valence electrons. The molecule has 2 rings (SSSR count). The van der Waals surface area contributed by atoms with Gasteiger partial charge in [-0.1, -0.05) is 29.8 Å². The number of nitrogens with one attached hydrogen (secondary N) is 1. The second-order valence-corrected chi connectivity index (χ2v) is 6.20. The number of benzene rings is 2. The molecule has 0 heterocycles. The summed E-state index contributed by atoms with van der Waals surface area (Å²) in [4.78, 5) is -0.489. The zero-order valence-electron chi connectivity index (χ0n) is 10.4. The average Bonchev–Trinajstić information content (AvgIpc) is 2.40. The fourth-order valence-electron chi connectivity index (χ4n) is 1.59. The van der Waals surface area contributed by atoms with Gasteiger partial charge in [0.25, 0.3) is 10.0 Å². The van der Waals surface area contributed by atoms with E-state index in [1.54, 1.807) is 12.1 Å². The number of halogens is 4. The Morgan fingerprint density at radius 2 is 1.67 bits per heavy atom. The van der Waals surface area contributed by atoms with E-state index in [0.717, 1.165) is 18.2 Å². The number of alkyl halides is 3. The monoisotopic (exact) mass is 335 g/mol. The summed E-state index contributed by atoms with van der Waals surface area (Å²) in [5.74, 6) is 0. The third kappa shape index (κ3) is 3.68. The molecule has 0 amide bonds. The minimum Gasteiger partial charge on any atom is -0.278 e. The lowest BCUT2D eigenvalue weighted by atomic mass is 10.2. The molecule has 0 unspecified atom stereocenters. The number of sulfonamides is 1. The Kier molecular flexibility index (Phi) is 4.15. The number of hydrogen-bond acceptors (Lipinski definition) is 2. The van der Waals surface area contributed by atoms with Crippen LogP contribution in [0.25, 0.3) is 0 Å². The summed E-state index contributed by atoms with van der Waals surface area (Å²) in [5, 5.41) is 0.146. The van der Waals surface area contributed by atoms with E-state index in [9.17, 15) is 21.6 Å². The Morgan fingerprint density at radius 3 is 2.29 bits per heavy atom. The largest absolute Gasteiger partial charge is 0.416 e. The van der Waals surface area contributed by atoms with E-state index >= 15 is 0 Å². The van der Waals surface area contributed by atoms with Crippen molar-refractivity contribution in [3.05, 3.63) is 59.1 Å². The lowest BCUT2D eigenvalue weighted by Crippen LogP contribution is -2.14. The highest BCUT2D eigenvalue weighted by molar-refractivity contribution is 7.92. The Hall–Kier alpha value is -1.73. The van der Waals surface area contributed by atoms with Crippen LogP contribution in [0.15, 0.2) is 53.4 Å². The van der Waals surface area contributed by atoms with Crippen LogP contribution >= 0.6 is 11.6 Å². The van der Waals surface area contributed by atoms with Crippen LogP contribution in [0.1, 0.15) is 5.56 Å². The van der Waals surface area contributed by atoms with Crippen LogP contribution in [-0.2, 0) is 16.2 Å². The second-order valence-electron chi connectivity index (χ2n) is 4.11. The first-order valence-corrected chi connectivity index (χ1v) is 7.51. The molecule has 0 aromatic heterocycles. The van der Waals surface area contributed by atoms with Gasteiger partial charge < -0.3 is 0 Å². The smallest absolute Gasteiger partial charge is 0.278 e. The first-order valence-electron chi connectivity index (χ1n) is 5.65. The van der Waals surface area contributed by atoms with Gasteiger partial charge in [0.05, 0.1) is 21.2 Å². The topological polar surface area (TPSA) is 46.2 Å². The molecule has 21 heavy (non-hydrogen) atoms. The van der Waals surface area contributed by atoms with Crippen molar-refractivity contribution in [3.8, 4) is 0 Å². The highest BCUT2D eigenvalue weighted by atomic mass is 35.5. The van der Waals surface area contributed by atoms with Gasteiger partial charge in [-0.05, 0) is 30.3 Å². The van der Waals surface area contributed by atoms with Gasteiger partial charge in [0.2, 0.25) is 0 Å². The van der Waals surface area contributed by atoms with Crippen molar-refractivity contribution in [2.45, 2.75) is 11.1 Å². The molecule has 8 heteroatoms. The van der Waals surface area contributed by atoms with Gasteiger partial charge >= 0.3 is 6.18 Å². The Morgan fingerprint density at radius 1 is 1.00 bits per heavy atom. The van der Waals surface area contributed by atoms with Gasteiger partial charge in [0.15, 0.2) is 0 Å². The first-order chi connectivity index (χ1) is 9.70. The van der Waals surface area contributed by atoms with Crippen molar-refractivity contribution in [1.82, 2.24) is 0 Å². The highest BCUT2D eigenvalue weighted by Gasteiger charge is 2.31. The molecule has 0 spiro atoms. The fraction of sp³-hybridized carbons (Fsp3) is 0.0769. The zero-order chi connectivity index (χ0) is 15.7. The molecule has 0 atom stereocenters. The molecular weight excluding hydrogens is 327 g/mol. The fourth-order valence-corrected chi connectivity index (χ4v) is 2.95. The van der Waals surface area contributed by atoms with E-state index in [-0.39, 0.29) is 10.7 Å². The summed E-state index contributed by atoms with van der Waals surface area (Å²) in [6.45, 7) is 0. The molecule has 0 saturated carbocycles. The lowest BCUT2D eigenvalue weighted by molar-refractivity contribution is -0.137. The Balaban J connectivity index is 2.39. The van der Waals surface area contributed by atoms with Crippen LogP contribution < -0.4 is 4.72 Å². The first kappa shape index (κ1) is 15.7. The molecule has 2 aromatic carbocycles. The van der Waals surface area contributed by atoms with Crippen LogP contribution in [0.4, 0.5) is 18.9 Å². The molecule has 3 nitrogen and oxygen atoms in total. The highest BCUT2D eigenvalue weighted by Crippen LogP contribution is 2.31. The summed E-state index contributed by atoms with van der Waals surface area (Å²) < 4.78 is 64.2. The molecule has 0 aliphatic carbocycles. The molecule has 0 aliphatic rings. The van der Waals surface area contributed by atoms with Crippen molar-refractivity contribution in [3.63, 3.8) is 0 Å². The Labute approximate surface area is 124 Å². The third-order valence-electron chi connectivity index (χ3n) is 2.59. The van der Waals surface area contributed by atoms with Crippen molar-refractivity contribution in [1.29, 1.82) is 0 Å². The molecule has 0 aliphatic heterocycles. The minimum absolute atomic E-state index is 0.0941. The van der Waals surface area contributed by atoms with Gasteiger partial charge in [-0.2, -0.15) is 13.2 Å². The predicted molar refractivity (Wildman–Crippen MR) is 73.7 cm³/mol. The summed E-state index contributed by atoms with van der Waals surface area (Å²) in [5.41, 5.74) is -0.943. The molecule has 2 aromatic rings.